The Morgan fingerprint density at radius 1 is 1.10 bits per heavy atom. The van der Waals surface area contributed by atoms with Crippen LogP contribution in [0.5, 0.6) is 0 Å². The van der Waals surface area contributed by atoms with Crippen molar-refractivity contribution in [2.24, 2.45) is 0 Å². The summed E-state index contributed by atoms with van der Waals surface area (Å²) in [4.78, 5) is 3.81. The van der Waals surface area contributed by atoms with Gasteiger partial charge in [-0.05, 0) is 42.2 Å². The smallest absolute Gasteiger partial charge is 0.416 e. The van der Waals surface area contributed by atoms with Crippen molar-refractivity contribution in [2.45, 2.75) is 38.0 Å². The fraction of sp³-hybridized carbons (Fsp3) is 0.286. The lowest BCUT2D eigenvalue weighted by atomic mass is 9.88. The van der Waals surface area contributed by atoms with Gasteiger partial charge in [-0.2, -0.15) is 18.2 Å². The average Bonchev–Trinajstić information content (AvgIpc) is 3.12. The summed E-state index contributed by atoms with van der Waals surface area (Å²) in [5.41, 5.74) is 0.967. The Balaban J connectivity index is 1.67. The molecular weight excluding hydrogens is 407 g/mol. The fourth-order valence-corrected chi connectivity index (χ4v) is 3.55. The second-order valence-corrected chi connectivity index (χ2v) is 7.07. The Kier molecular flexibility index (Phi) is 5.23. The van der Waals surface area contributed by atoms with E-state index >= 15 is 0 Å². The first kappa shape index (κ1) is 20.3. The summed E-state index contributed by atoms with van der Waals surface area (Å²) < 4.78 is 70.7. The third-order valence-electron chi connectivity index (χ3n) is 5.04. The van der Waals surface area contributed by atoms with Crippen LogP contribution in [0.15, 0.2) is 46.9 Å². The average molecular weight is 424 g/mol. The minimum Gasteiger partial charge on any atom is -0.423 e. The van der Waals surface area contributed by atoms with Gasteiger partial charge in [-0.25, -0.2) is 8.78 Å². The zero-order chi connectivity index (χ0) is 21.5. The van der Waals surface area contributed by atoms with Crippen LogP contribution in [-0.4, -0.2) is 16.2 Å². The zero-order valence-corrected chi connectivity index (χ0v) is 15.5. The number of nitrogens with zero attached hydrogens (tertiary/aromatic N) is 1. The molecule has 0 amide bonds. The highest BCUT2D eigenvalue weighted by Gasteiger charge is 2.31. The molecule has 1 aliphatic rings. The van der Waals surface area contributed by atoms with Gasteiger partial charge < -0.3 is 14.8 Å². The van der Waals surface area contributed by atoms with Crippen molar-refractivity contribution < 1.29 is 31.5 Å². The minimum absolute atomic E-state index is 0.0596. The van der Waals surface area contributed by atoms with Gasteiger partial charge in [0.1, 0.15) is 0 Å². The summed E-state index contributed by atoms with van der Waals surface area (Å²) in [6.07, 6.45) is -6.26. The number of aromatic nitrogens is 1. The van der Waals surface area contributed by atoms with E-state index in [1.807, 2.05) is 6.07 Å². The molecule has 158 valence electrons. The first-order valence-electron chi connectivity index (χ1n) is 9.24. The summed E-state index contributed by atoms with van der Waals surface area (Å²) in [6.45, 7) is 0. The molecule has 1 heterocycles. The molecule has 3 aromatic rings. The quantitative estimate of drug-likeness (QED) is 0.513. The van der Waals surface area contributed by atoms with Gasteiger partial charge in [0.2, 0.25) is 0 Å². The Morgan fingerprint density at radius 2 is 1.83 bits per heavy atom. The lowest BCUT2D eigenvalue weighted by Gasteiger charge is -2.23. The van der Waals surface area contributed by atoms with Crippen molar-refractivity contribution in [3.05, 3.63) is 64.8 Å². The molecule has 2 aromatic carbocycles. The van der Waals surface area contributed by atoms with E-state index in [9.17, 15) is 27.1 Å². The Labute approximate surface area is 168 Å². The number of benzene rings is 2. The van der Waals surface area contributed by atoms with E-state index in [1.165, 1.54) is 0 Å². The summed E-state index contributed by atoms with van der Waals surface area (Å²) in [6, 6.07) is 8.99. The van der Waals surface area contributed by atoms with Crippen LogP contribution in [0.25, 0.3) is 11.3 Å². The topological polar surface area (TPSA) is 58.3 Å². The predicted octanol–water partition coefficient (Wildman–Crippen LogP) is 5.89. The molecule has 1 aromatic heterocycles. The van der Waals surface area contributed by atoms with E-state index < -0.39 is 30.0 Å². The molecule has 0 aliphatic heterocycles. The standard InChI is InChI=1S/C21H17F5N2O2/c22-19(23)17-18(12-4-7-13(8-5-12)21(24,25)26)30-20(28-17)27-16-3-1-2-11-6-9-14(29)10-15(11)16/h1-5,7-8,14,19,29H,6,9-10H2,(H,27,28)/t14-/m1/s1. The molecular formula is C21H17F5N2O2. The highest BCUT2D eigenvalue weighted by Crippen LogP contribution is 2.37. The minimum atomic E-state index is -4.53. The molecule has 0 fully saturated rings. The number of oxazole rings is 1. The van der Waals surface area contributed by atoms with E-state index in [-0.39, 0.29) is 17.3 Å². The van der Waals surface area contributed by atoms with E-state index in [0.29, 0.717) is 24.9 Å². The van der Waals surface area contributed by atoms with Gasteiger partial charge in [0.25, 0.3) is 12.4 Å². The van der Waals surface area contributed by atoms with Crippen molar-refractivity contribution >= 4 is 11.7 Å². The van der Waals surface area contributed by atoms with E-state index in [1.54, 1.807) is 12.1 Å². The first-order valence-corrected chi connectivity index (χ1v) is 9.24. The van der Waals surface area contributed by atoms with Crippen LogP contribution in [0.3, 0.4) is 0 Å². The second-order valence-electron chi connectivity index (χ2n) is 7.07. The predicted molar refractivity (Wildman–Crippen MR) is 99.7 cm³/mol. The van der Waals surface area contributed by atoms with Crippen molar-refractivity contribution in [1.29, 1.82) is 0 Å². The normalized spacial score (nSPS) is 16.6. The molecule has 4 rings (SSSR count). The fourth-order valence-electron chi connectivity index (χ4n) is 3.55. The summed E-state index contributed by atoms with van der Waals surface area (Å²) in [5, 5.41) is 12.8. The Bertz CT molecular complexity index is 1040. The van der Waals surface area contributed by atoms with Gasteiger partial charge in [-0.3, -0.25) is 0 Å². The number of alkyl halides is 5. The second kappa shape index (κ2) is 7.71. The molecule has 30 heavy (non-hydrogen) atoms. The largest absolute Gasteiger partial charge is 0.423 e. The summed E-state index contributed by atoms with van der Waals surface area (Å²) in [7, 11) is 0. The molecule has 2 N–H and O–H groups in total. The lowest BCUT2D eigenvalue weighted by Crippen LogP contribution is -2.19. The number of hydrogen-bond donors (Lipinski definition) is 2. The number of rotatable bonds is 4. The third-order valence-corrected chi connectivity index (χ3v) is 5.04. The van der Waals surface area contributed by atoms with Crippen LogP contribution in [0.2, 0.25) is 0 Å². The summed E-state index contributed by atoms with van der Waals surface area (Å²) >= 11 is 0. The maximum atomic E-state index is 13.5. The summed E-state index contributed by atoms with van der Waals surface area (Å²) in [5.74, 6) is -0.300. The van der Waals surface area contributed by atoms with Crippen LogP contribution in [0.4, 0.5) is 33.7 Å². The monoisotopic (exact) mass is 424 g/mol. The highest BCUT2D eigenvalue weighted by atomic mass is 19.4. The zero-order valence-electron chi connectivity index (χ0n) is 15.5. The molecule has 0 saturated carbocycles. The van der Waals surface area contributed by atoms with Crippen LogP contribution in [-0.2, 0) is 19.0 Å². The van der Waals surface area contributed by atoms with Crippen molar-refractivity contribution in [2.75, 3.05) is 5.32 Å². The number of aryl methyl sites for hydroxylation is 1. The maximum Gasteiger partial charge on any atom is 0.416 e. The van der Waals surface area contributed by atoms with Crippen molar-refractivity contribution in [3.8, 4) is 11.3 Å². The van der Waals surface area contributed by atoms with Gasteiger partial charge in [0.15, 0.2) is 11.5 Å². The van der Waals surface area contributed by atoms with Gasteiger partial charge in [0.05, 0.1) is 11.7 Å². The molecule has 0 radical (unpaired) electrons. The van der Waals surface area contributed by atoms with Gasteiger partial charge >= 0.3 is 6.18 Å². The van der Waals surface area contributed by atoms with E-state index in [0.717, 1.165) is 35.4 Å². The lowest BCUT2D eigenvalue weighted by molar-refractivity contribution is -0.137. The van der Waals surface area contributed by atoms with Gasteiger partial charge in [-0.15, -0.1) is 0 Å². The molecule has 1 aliphatic carbocycles. The molecule has 0 unspecified atom stereocenters. The molecule has 9 heteroatoms. The first-order chi connectivity index (χ1) is 14.2. The number of nitrogens with one attached hydrogen (secondary N) is 1. The van der Waals surface area contributed by atoms with Gasteiger partial charge in [0, 0.05) is 17.7 Å². The number of aliphatic hydroxyl groups excluding tert-OH is 1. The molecule has 0 bridgehead atoms. The number of hydrogen-bond acceptors (Lipinski definition) is 4. The van der Waals surface area contributed by atoms with Crippen molar-refractivity contribution in [1.82, 2.24) is 4.98 Å². The van der Waals surface area contributed by atoms with Crippen LogP contribution in [0, 0.1) is 0 Å². The van der Waals surface area contributed by atoms with Crippen molar-refractivity contribution in [3.63, 3.8) is 0 Å². The molecule has 0 spiro atoms. The maximum absolute atomic E-state index is 13.5. The number of aliphatic hydroxyl groups is 1. The molecule has 4 nitrogen and oxygen atoms in total. The Hall–Kier alpha value is -2.94. The third kappa shape index (κ3) is 4.02. The number of anilines is 2. The van der Waals surface area contributed by atoms with E-state index in [4.69, 9.17) is 4.42 Å². The SMILES string of the molecule is O[C@@H]1CCc2cccc(Nc3nc(C(F)F)c(-c4ccc(C(F)(F)F)cc4)o3)c2C1. The van der Waals surface area contributed by atoms with Crippen LogP contribution < -0.4 is 5.32 Å². The highest BCUT2D eigenvalue weighted by molar-refractivity contribution is 5.66. The van der Waals surface area contributed by atoms with E-state index in [2.05, 4.69) is 10.3 Å². The van der Waals surface area contributed by atoms with Gasteiger partial charge in [-0.1, -0.05) is 24.3 Å². The number of fused-ring (bicyclic) bond motifs is 1. The van der Waals surface area contributed by atoms with Crippen LogP contribution >= 0.6 is 0 Å². The molecule has 1 atom stereocenters. The number of halogens is 5. The molecule has 0 saturated heterocycles. The Morgan fingerprint density at radius 3 is 2.50 bits per heavy atom. The van der Waals surface area contributed by atoms with Crippen LogP contribution in [0.1, 0.15) is 35.2 Å².